The van der Waals surface area contributed by atoms with E-state index in [-0.39, 0.29) is 10.8 Å². The molecule has 160 valence electrons. The number of anilines is 2. The van der Waals surface area contributed by atoms with Gasteiger partial charge in [-0.2, -0.15) is 4.72 Å². The van der Waals surface area contributed by atoms with E-state index in [2.05, 4.69) is 15.4 Å². The summed E-state index contributed by atoms with van der Waals surface area (Å²) in [5.41, 5.74) is 2.09. The molecule has 3 N–H and O–H groups in total. The molecule has 31 heavy (non-hydrogen) atoms. The van der Waals surface area contributed by atoms with E-state index >= 15 is 0 Å². The quantitative estimate of drug-likeness (QED) is 0.563. The number of rotatable bonds is 5. The number of para-hydroxylation sites is 1. The van der Waals surface area contributed by atoms with Crippen molar-refractivity contribution in [3.8, 4) is 11.5 Å². The van der Waals surface area contributed by atoms with Crippen molar-refractivity contribution in [2.45, 2.75) is 11.1 Å². The highest BCUT2D eigenvalue weighted by Gasteiger charge is 2.29. The minimum atomic E-state index is -3.64. The summed E-state index contributed by atoms with van der Waals surface area (Å²) < 4.78 is 38.1. The average molecular weight is 439 g/mol. The van der Waals surface area contributed by atoms with Gasteiger partial charge in [-0.05, 0) is 42.0 Å². The molecule has 9 heteroatoms. The van der Waals surface area contributed by atoms with E-state index in [0.29, 0.717) is 34.0 Å². The number of ether oxygens (including phenoxy) is 2. The second-order valence-electron chi connectivity index (χ2n) is 6.84. The standard InChI is InChI=1S/C22H21N3O5S/c1-29-16-11-12-19(30-2)18(13-16)24-22(26)15-9-7-14(8-10-15)21-23-17-5-3-4-6-20(17)31(27,28)25-21/h3-13,21,23,25H,1-2H3,(H,24,26)/t21-/m1/s1. The third-order valence-corrected chi connectivity index (χ3v) is 6.39. The van der Waals surface area contributed by atoms with Crippen molar-refractivity contribution in [2.75, 3.05) is 24.9 Å². The summed E-state index contributed by atoms with van der Waals surface area (Å²) in [6, 6.07) is 18.5. The highest BCUT2D eigenvalue weighted by Crippen LogP contribution is 2.31. The predicted octanol–water partition coefficient (Wildman–Crippen LogP) is 3.36. The van der Waals surface area contributed by atoms with Crippen LogP contribution in [0.25, 0.3) is 0 Å². The summed E-state index contributed by atoms with van der Waals surface area (Å²) in [5.74, 6) is 0.758. The molecule has 0 saturated heterocycles. The fourth-order valence-corrected chi connectivity index (χ4v) is 4.61. The summed E-state index contributed by atoms with van der Waals surface area (Å²) >= 11 is 0. The molecule has 8 nitrogen and oxygen atoms in total. The van der Waals surface area contributed by atoms with Gasteiger partial charge in [0.05, 0.1) is 25.6 Å². The maximum Gasteiger partial charge on any atom is 0.255 e. The van der Waals surface area contributed by atoms with Crippen LogP contribution in [0, 0.1) is 0 Å². The van der Waals surface area contributed by atoms with Crippen LogP contribution in [0.2, 0.25) is 0 Å². The Balaban J connectivity index is 1.53. The molecule has 0 bridgehead atoms. The minimum absolute atomic E-state index is 0.203. The van der Waals surface area contributed by atoms with Crippen LogP contribution >= 0.6 is 0 Å². The Bertz CT molecular complexity index is 1230. The van der Waals surface area contributed by atoms with Crippen molar-refractivity contribution >= 4 is 27.3 Å². The number of sulfonamides is 1. The van der Waals surface area contributed by atoms with E-state index in [9.17, 15) is 13.2 Å². The lowest BCUT2D eigenvalue weighted by atomic mass is 10.1. The molecule has 3 aromatic carbocycles. The number of amides is 1. The van der Waals surface area contributed by atoms with Crippen molar-refractivity contribution in [3.05, 3.63) is 77.9 Å². The van der Waals surface area contributed by atoms with Crippen LogP contribution in [0.15, 0.2) is 71.6 Å². The molecular formula is C22H21N3O5S. The lowest BCUT2D eigenvalue weighted by Gasteiger charge is -2.28. The molecule has 0 saturated carbocycles. The molecule has 0 unspecified atom stereocenters. The number of methoxy groups -OCH3 is 2. The fourth-order valence-electron chi connectivity index (χ4n) is 3.31. The van der Waals surface area contributed by atoms with E-state index in [0.717, 1.165) is 0 Å². The second-order valence-corrected chi connectivity index (χ2v) is 8.52. The molecule has 1 aliphatic heterocycles. The third kappa shape index (κ3) is 4.18. The maximum atomic E-state index is 12.7. The molecule has 1 aliphatic rings. The van der Waals surface area contributed by atoms with E-state index in [4.69, 9.17) is 9.47 Å². The summed E-state index contributed by atoms with van der Waals surface area (Å²) in [4.78, 5) is 12.9. The number of fused-ring (bicyclic) bond motifs is 1. The van der Waals surface area contributed by atoms with Crippen molar-refractivity contribution in [2.24, 2.45) is 0 Å². The highest BCUT2D eigenvalue weighted by molar-refractivity contribution is 7.89. The Morgan fingerprint density at radius 2 is 1.71 bits per heavy atom. The van der Waals surface area contributed by atoms with E-state index in [1.165, 1.54) is 14.2 Å². The Morgan fingerprint density at radius 3 is 2.42 bits per heavy atom. The summed E-state index contributed by atoms with van der Waals surface area (Å²) in [7, 11) is -0.582. The van der Waals surface area contributed by atoms with Crippen LogP contribution < -0.4 is 24.8 Å². The molecule has 3 aromatic rings. The number of carbonyl (C=O) groups is 1. The molecule has 0 aromatic heterocycles. The zero-order valence-corrected chi connectivity index (χ0v) is 17.7. The van der Waals surface area contributed by atoms with E-state index in [1.54, 1.807) is 66.7 Å². The Kier molecular flexibility index (Phi) is 5.53. The van der Waals surface area contributed by atoms with Crippen LogP contribution in [0.1, 0.15) is 22.1 Å². The van der Waals surface area contributed by atoms with E-state index in [1.807, 2.05) is 0 Å². The molecule has 4 rings (SSSR count). The van der Waals surface area contributed by atoms with Gasteiger partial charge in [0, 0.05) is 11.6 Å². The number of carbonyl (C=O) groups excluding carboxylic acids is 1. The first-order valence-electron chi connectivity index (χ1n) is 9.42. The van der Waals surface area contributed by atoms with Crippen molar-refractivity contribution < 1.29 is 22.7 Å². The third-order valence-electron chi connectivity index (χ3n) is 4.91. The van der Waals surface area contributed by atoms with Gasteiger partial charge in [0.25, 0.3) is 5.91 Å². The van der Waals surface area contributed by atoms with Crippen LogP contribution in [-0.2, 0) is 10.0 Å². The first-order chi connectivity index (χ1) is 14.9. The molecule has 0 radical (unpaired) electrons. The summed E-state index contributed by atoms with van der Waals surface area (Å²) in [6.45, 7) is 0. The van der Waals surface area contributed by atoms with Crippen LogP contribution in [-0.4, -0.2) is 28.5 Å². The van der Waals surface area contributed by atoms with Crippen LogP contribution in [0.5, 0.6) is 11.5 Å². The maximum absolute atomic E-state index is 12.7. The fraction of sp³-hybridized carbons (Fsp3) is 0.136. The normalized spacial score (nSPS) is 16.5. The van der Waals surface area contributed by atoms with Crippen LogP contribution in [0.4, 0.5) is 11.4 Å². The number of hydrogen-bond donors (Lipinski definition) is 3. The topological polar surface area (TPSA) is 106 Å². The molecular weight excluding hydrogens is 418 g/mol. The Labute approximate surface area is 180 Å². The Morgan fingerprint density at radius 1 is 0.968 bits per heavy atom. The summed E-state index contributed by atoms with van der Waals surface area (Å²) in [6.07, 6.45) is -0.643. The van der Waals surface area contributed by atoms with Gasteiger partial charge in [-0.1, -0.05) is 24.3 Å². The first kappa shape index (κ1) is 20.7. The van der Waals surface area contributed by atoms with E-state index < -0.39 is 16.2 Å². The smallest absolute Gasteiger partial charge is 0.255 e. The predicted molar refractivity (Wildman–Crippen MR) is 117 cm³/mol. The Hall–Kier alpha value is -3.56. The van der Waals surface area contributed by atoms with Gasteiger partial charge in [0.15, 0.2) is 0 Å². The van der Waals surface area contributed by atoms with Gasteiger partial charge in [0.2, 0.25) is 10.0 Å². The zero-order valence-electron chi connectivity index (χ0n) is 16.9. The zero-order chi connectivity index (χ0) is 22.0. The minimum Gasteiger partial charge on any atom is -0.497 e. The molecule has 1 atom stereocenters. The second kappa shape index (κ2) is 8.29. The number of nitrogens with one attached hydrogen (secondary N) is 3. The first-order valence-corrected chi connectivity index (χ1v) is 10.9. The van der Waals surface area contributed by atoms with Crippen molar-refractivity contribution in [1.29, 1.82) is 0 Å². The molecule has 0 fully saturated rings. The van der Waals surface area contributed by atoms with Gasteiger partial charge in [0.1, 0.15) is 22.6 Å². The van der Waals surface area contributed by atoms with Gasteiger partial charge < -0.3 is 20.1 Å². The van der Waals surface area contributed by atoms with Crippen LogP contribution in [0.3, 0.4) is 0 Å². The monoisotopic (exact) mass is 439 g/mol. The number of benzene rings is 3. The average Bonchev–Trinajstić information content (AvgIpc) is 2.78. The van der Waals surface area contributed by atoms with Gasteiger partial charge in [-0.25, -0.2) is 8.42 Å². The van der Waals surface area contributed by atoms with Gasteiger partial charge in [-0.3, -0.25) is 4.79 Å². The molecule has 0 aliphatic carbocycles. The molecule has 0 spiro atoms. The largest absolute Gasteiger partial charge is 0.497 e. The number of hydrogen-bond acceptors (Lipinski definition) is 6. The highest BCUT2D eigenvalue weighted by atomic mass is 32.2. The van der Waals surface area contributed by atoms with Crippen molar-refractivity contribution in [1.82, 2.24) is 4.72 Å². The van der Waals surface area contributed by atoms with Gasteiger partial charge in [-0.15, -0.1) is 0 Å². The lowest BCUT2D eigenvalue weighted by molar-refractivity contribution is 0.102. The lowest BCUT2D eigenvalue weighted by Crippen LogP contribution is -2.38. The molecule has 1 heterocycles. The SMILES string of the molecule is COc1ccc(OC)c(NC(=O)c2ccc([C@@H]3Nc4ccccc4S(=O)(=O)N3)cc2)c1. The van der Waals surface area contributed by atoms with Crippen molar-refractivity contribution in [3.63, 3.8) is 0 Å². The molecule has 1 amide bonds. The van der Waals surface area contributed by atoms with Gasteiger partial charge >= 0.3 is 0 Å². The summed E-state index contributed by atoms with van der Waals surface area (Å²) in [5, 5.41) is 5.97.